The molecule has 1 aliphatic heterocycles. The molecular weight excluding hydrogens is 448 g/mol. The van der Waals surface area contributed by atoms with Crippen LogP contribution in [0.1, 0.15) is 49.1 Å². The third-order valence-corrected chi connectivity index (χ3v) is 7.50. The first-order chi connectivity index (χ1) is 17.0. The van der Waals surface area contributed by atoms with E-state index in [9.17, 15) is 19.5 Å². The number of carbonyl (C=O) groups excluding carboxylic acids is 2. The van der Waals surface area contributed by atoms with Crippen molar-refractivity contribution >= 4 is 18.0 Å². The predicted molar refractivity (Wildman–Crippen MR) is 128 cm³/mol. The van der Waals surface area contributed by atoms with Gasteiger partial charge in [0.05, 0.1) is 6.61 Å². The molecule has 0 bridgehead atoms. The molecule has 184 valence electrons. The van der Waals surface area contributed by atoms with Gasteiger partial charge in [-0.25, -0.2) is 9.59 Å². The lowest BCUT2D eigenvalue weighted by atomic mass is 9.84. The number of carboxylic acids is 1. The molecule has 8 heteroatoms. The second-order valence-electron chi connectivity index (χ2n) is 9.71. The molecule has 2 aromatic carbocycles. The van der Waals surface area contributed by atoms with E-state index in [4.69, 9.17) is 9.47 Å². The van der Waals surface area contributed by atoms with Gasteiger partial charge in [0.1, 0.15) is 6.61 Å². The smallest absolute Gasteiger partial charge is 0.407 e. The Morgan fingerprint density at radius 3 is 2.34 bits per heavy atom. The van der Waals surface area contributed by atoms with Gasteiger partial charge in [-0.3, -0.25) is 4.79 Å². The number of ether oxygens (including phenoxy) is 2. The van der Waals surface area contributed by atoms with Crippen LogP contribution < -0.4 is 10.6 Å². The number of rotatable bonds is 6. The number of amides is 2. The van der Waals surface area contributed by atoms with Crippen LogP contribution in [0.5, 0.6) is 0 Å². The highest BCUT2D eigenvalue weighted by Gasteiger charge is 2.45. The Bertz CT molecular complexity index is 1080. The van der Waals surface area contributed by atoms with E-state index < -0.39 is 17.6 Å². The van der Waals surface area contributed by atoms with Crippen LogP contribution in [0.15, 0.2) is 48.5 Å². The molecule has 2 amide bonds. The average molecular weight is 479 g/mol. The molecule has 0 aromatic heterocycles. The molecule has 3 atom stereocenters. The SMILES string of the molecule is O=C(NC1CCCC(C(=O)NC2(C(=O)O)CCOC2)C1)OCC1c2ccccc2-c2ccccc21. The van der Waals surface area contributed by atoms with Crippen LogP contribution >= 0.6 is 0 Å². The number of hydrogen-bond acceptors (Lipinski definition) is 5. The fraction of sp³-hybridized carbons (Fsp3) is 0.444. The first-order valence-corrected chi connectivity index (χ1v) is 12.2. The highest BCUT2D eigenvalue weighted by atomic mass is 16.5. The number of alkyl carbamates (subject to hydrolysis) is 1. The summed E-state index contributed by atoms with van der Waals surface area (Å²) in [5.41, 5.74) is 3.29. The maximum atomic E-state index is 12.9. The first kappa shape index (κ1) is 23.4. The Hall–Kier alpha value is -3.39. The lowest BCUT2D eigenvalue weighted by Crippen LogP contribution is -2.57. The lowest BCUT2D eigenvalue weighted by Gasteiger charge is -2.32. The number of hydrogen-bond donors (Lipinski definition) is 3. The van der Waals surface area contributed by atoms with Crippen LogP contribution in [0.4, 0.5) is 4.79 Å². The van der Waals surface area contributed by atoms with E-state index in [0.29, 0.717) is 19.4 Å². The maximum absolute atomic E-state index is 12.9. The summed E-state index contributed by atoms with van der Waals surface area (Å²) < 4.78 is 10.9. The third-order valence-electron chi connectivity index (χ3n) is 7.50. The average Bonchev–Trinajstić information content (AvgIpc) is 3.47. The molecule has 2 aliphatic carbocycles. The molecule has 5 rings (SSSR count). The van der Waals surface area contributed by atoms with Crippen molar-refractivity contribution in [1.29, 1.82) is 0 Å². The van der Waals surface area contributed by atoms with Gasteiger partial charge in [0.2, 0.25) is 5.91 Å². The standard InChI is InChI=1S/C27H30N2O6/c30-24(29-27(25(31)32)12-13-34-16-27)17-6-5-7-18(14-17)28-26(33)35-15-23-21-10-3-1-8-19(21)20-9-2-4-11-22(20)23/h1-4,8-11,17-18,23H,5-7,12-16H2,(H,28,33)(H,29,30)(H,31,32). The van der Waals surface area contributed by atoms with Gasteiger partial charge in [0, 0.05) is 30.9 Å². The van der Waals surface area contributed by atoms with Crippen molar-refractivity contribution < 1.29 is 29.0 Å². The summed E-state index contributed by atoms with van der Waals surface area (Å²) in [6.07, 6.45) is 2.38. The molecule has 35 heavy (non-hydrogen) atoms. The van der Waals surface area contributed by atoms with Crippen molar-refractivity contribution in [1.82, 2.24) is 10.6 Å². The summed E-state index contributed by atoms with van der Waals surface area (Å²) in [6, 6.07) is 16.2. The summed E-state index contributed by atoms with van der Waals surface area (Å²) >= 11 is 0. The van der Waals surface area contributed by atoms with E-state index in [-0.39, 0.29) is 43.4 Å². The van der Waals surface area contributed by atoms with Crippen LogP contribution in [0, 0.1) is 5.92 Å². The second-order valence-corrected chi connectivity index (χ2v) is 9.71. The largest absolute Gasteiger partial charge is 0.479 e. The topological polar surface area (TPSA) is 114 Å². The van der Waals surface area contributed by atoms with E-state index in [1.54, 1.807) is 0 Å². The van der Waals surface area contributed by atoms with Crippen molar-refractivity contribution in [2.24, 2.45) is 5.92 Å². The van der Waals surface area contributed by atoms with Crippen LogP contribution in [-0.4, -0.2) is 54.5 Å². The lowest BCUT2D eigenvalue weighted by molar-refractivity contribution is -0.148. The molecule has 0 radical (unpaired) electrons. The highest BCUT2D eigenvalue weighted by Crippen LogP contribution is 2.44. The van der Waals surface area contributed by atoms with Gasteiger partial charge >= 0.3 is 12.1 Å². The van der Waals surface area contributed by atoms with Crippen molar-refractivity contribution in [2.75, 3.05) is 19.8 Å². The fourth-order valence-electron chi connectivity index (χ4n) is 5.59. The van der Waals surface area contributed by atoms with Gasteiger partial charge in [-0.2, -0.15) is 0 Å². The third kappa shape index (κ3) is 4.62. The molecule has 2 fully saturated rings. The Morgan fingerprint density at radius 1 is 1.03 bits per heavy atom. The zero-order valence-corrected chi connectivity index (χ0v) is 19.5. The van der Waals surface area contributed by atoms with Crippen LogP contribution in [0.3, 0.4) is 0 Å². The Morgan fingerprint density at radius 2 is 1.71 bits per heavy atom. The van der Waals surface area contributed by atoms with Crippen molar-refractivity contribution in [2.45, 2.75) is 49.6 Å². The second kappa shape index (κ2) is 9.70. The summed E-state index contributed by atoms with van der Waals surface area (Å²) in [4.78, 5) is 37.2. The number of nitrogens with one attached hydrogen (secondary N) is 2. The monoisotopic (exact) mass is 478 g/mol. The summed E-state index contributed by atoms with van der Waals surface area (Å²) in [7, 11) is 0. The van der Waals surface area contributed by atoms with Gasteiger partial charge in [-0.05, 0) is 41.5 Å². The van der Waals surface area contributed by atoms with Crippen molar-refractivity contribution in [3.8, 4) is 11.1 Å². The zero-order valence-electron chi connectivity index (χ0n) is 19.5. The molecular formula is C27H30N2O6. The number of carbonyl (C=O) groups is 3. The van der Waals surface area contributed by atoms with E-state index >= 15 is 0 Å². The molecule has 1 saturated heterocycles. The first-order valence-electron chi connectivity index (χ1n) is 12.2. The van der Waals surface area contributed by atoms with Crippen molar-refractivity contribution in [3.05, 3.63) is 59.7 Å². The minimum atomic E-state index is -1.36. The predicted octanol–water partition coefficient (Wildman–Crippen LogP) is 3.44. The Labute approximate surface area is 204 Å². The van der Waals surface area contributed by atoms with E-state index in [1.165, 1.54) is 11.1 Å². The van der Waals surface area contributed by atoms with E-state index in [2.05, 4.69) is 34.9 Å². The fourth-order valence-corrected chi connectivity index (χ4v) is 5.59. The van der Waals surface area contributed by atoms with Gasteiger partial charge in [0.25, 0.3) is 0 Å². The van der Waals surface area contributed by atoms with E-state index in [0.717, 1.165) is 24.0 Å². The van der Waals surface area contributed by atoms with Gasteiger partial charge < -0.3 is 25.2 Å². The van der Waals surface area contributed by atoms with E-state index in [1.807, 2.05) is 24.3 Å². The minimum Gasteiger partial charge on any atom is -0.479 e. The normalized spacial score (nSPS) is 25.4. The Kier molecular flexibility index (Phi) is 6.47. The van der Waals surface area contributed by atoms with Gasteiger partial charge in [-0.15, -0.1) is 0 Å². The van der Waals surface area contributed by atoms with Gasteiger partial charge in [-0.1, -0.05) is 55.0 Å². The molecule has 3 aliphatic rings. The number of fused-ring (bicyclic) bond motifs is 3. The van der Waals surface area contributed by atoms with Crippen molar-refractivity contribution in [3.63, 3.8) is 0 Å². The quantitative estimate of drug-likeness (QED) is 0.586. The molecule has 1 saturated carbocycles. The van der Waals surface area contributed by atoms with Crippen LogP contribution in [0.2, 0.25) is 0 Å². The maximum Gasteiger partial charge on any atom is 0.407 e. The summed E-state index contributed by atoms with van der Waals surface area (Å²) in [6.45, 7) is 0.517. The molecule has 0 spiro atoms. The molecule has 8 nitrogen and oxygen atoms in total. The zero-order chi connectivity index (χ0) is 24.4. The van der Waals surface area contributed by atoms with Crippen LogP contribution in [-0.2, 0) is 19.1 Å². The molecule has 1 heterocycles. The number of aliphatic carboxylic acids is 1. The summed E-state index contributed by atoms with van der Waals surface area (Å²) in [5, 5.41) is 15.2. The van der Waals surface area contributed by atoms with Crippen LogP contribution in [0.25, 0.3) is 11.1 Å². The summed E-state index contributed by atoms with van der Waals surface area (Å²) in [5.74, 6) is -1.75. The molecule has 3 N–H and O–H groups in total. The highest BCUT2D eigenvalue weighted by molar-refractivity contribution is 5.88. The molecule has 2 aromatic rings. The minimum absolute atomic E-state index is 0.0149. The van der Waals surface area contributed by atoms with Gasteiger partial charge in [0.15, 0.2) is 5.54 Å². The number of benzene rings is 2. The number of carboxylic acid groups (broad SMARTS) is 1. The molecule has 3 unspecified atom stereocenters. The Balaban J connectivity index is 1.17.